The number of rotatable bonds is 5. The summed E-state index contributed by atoms with van der Waals surface area (Å²) >= 11 is 8.90. The predicted octanol–water partition coefficient (Wildman–Crippen LogP) is 2.57. The van der Waals surface area contributed by atoms with Gasteiger partial charge in [-0.25, -0.2) is 4.79 Å². The highest BCUT2D eigenvalue weighted by Gasteiger charge is 2.22. The van der Waals surface area contributed by atoms with Crippen molar-refractivity contribution in [2.45, 2.75) is 23.7 Å². The number of carboxylic acids is 1. The van der Waals surface area contributed by atoms with Crippen LogP contribution in [0.5, 0.6) is 0 Å². The molecule has 4 nitrogen and oxygen atoms in total. The summed E-state index contributed by atoms with van der Waals surface area (Å²) in [5, 5.41) is 18.4. The zero-order chi connectivity index (χ0) is 13.9. The zero-order valence-corrected chi connectivity index (χ0v) is 11.9. The number of aliphatic carboxylic acids is 1. The first-order chi connectivity index (χ1) is 8.38. The number of carbonyl (C=O) groups excluding carboxylic acids is 1. The molecule has 0 saturated carbocycles. The average molecular weight is 336 g/mol. The van der Waals surface area contributed by atoms with Crippen LogP contribution in [-0.2, 0) is 15.5 Å². The molecule has 0 aliphatic rings. The van der Waals surface area contributed by atoms with Crippen molar-refractivity contribution < 1.29 is 19.8 Å². The molecule has 1 rings (SSSR count). The van der Waals surface area contributed by atoms with E-state index in [9.17, 15) is 14.7 Å². The van der Waals surface area contributed by atoms with Gasteiger partial charge in [-0.15, -0.1) is 11.6 Å². The van der Waals surface area contributed by atoms with Crippen molar-refractivity contribution in [1.82, 2.24) is 0 Å². The maximum absolute atomic E-state index is 11.3. The number of halogens is 2. The number of ketones is 1. The van der Waals surface area contributed by atoms with E-state index in [0.29, 0.717) is 11.1 Å². The largest absolute Gasteiger partial charge is 0.479 e. The van der Waals surface area contributed by atoms with E-state index >= 15 is 0 Å². The number of aliphatic hydroxyl groups excluding tert-OH is 1. The fourth-order valence-corrected chi connectivity index (χ4v) is 2.04. The SMILES string of the molecule is CC(=O)C(Br)c1ccc(CCl)c(C(O)C(=O)O)c1. The van der Waals surface area contributed by atoms with Crippen molar-refractivity contribution in [2.75, 3.05) is 0 Å². The number of benzene rings is 1. The van der Waals surface area contributed by atoms with Gasteiger partial charge in [0.2, 0.25) is 0 Å². The summed E-state index contributed by atoms with van der Waals surface area (Å²) in [7, 11) is 0. The third-order valence-corrected chi connectivity index (χ3v) is 3.95. The topological polar surface area (TPSA) is 74.6 Å². The van der Waals surface area contributed by atoms with Gasteiger partial charge in [-0.05, 0) is 23.6 Å². The van der Waals surface area contributed by atoms with E-state index in [-0.39, 0.29) is 17.2 Å². The van der Waals surface area contributed by atoms with Crippen LogP contribution in [0.4, 0.5) is 0 Å². The van der Waals surface area contributed by atoms with E-state index in [1.54, 1.807) is 12.1 Å². The van der Waals surface area contributed by atoms with E-state index < -0.39 is 16.9 Å². The molecule has 1 aromatic rings. The summed E-state index contributed by atoms with van der Waals surface area (Å²) in [5.74, 6) is -1.37. The number of carboxylic acid groups (broad SMARTS) is 1. The molecule has 0 bridgehead atoms. The minimum atomic E-state index is -1.65. The second-order valence-corrected chi connectivity index (χ2v) is 4.99. The van der Waals surface area contributed by atoms with Crippen LogP contribution in [0.1, 0.15) is 34.5 Å². The van der Waals surface area contributed by atoms with Crippen LogP contribution >= 0.6 is 27.5 Å². The highest BCUT2D eigenvalue weighted by Crippen LogP contribution is 2.29. The molecular weight excluding hydrogens is 323 g/mol. The maximum Gasteiger partial charge on any atom is 0.337 e. The number of alkyl halides is 2. The molecule has 2 atom stereocenters. The van der Waals surface area contributed by atoms with Gasteiger partial charge in [0.15, 0.2) is 6.10 Å². The molecule has 0 radical (unpaired) electrons. The maximum atomic E-state index is 11.3. The standard InChI is InChI=1S/C12H12BrClO4/c1-6(15)10(13)7-2-3-8(5-14)9(4-7)11(16)12(17)18/h2-4,10-11,16H,5H2,1H3,(H,17,18). The van der Waals surface area contributed by atoms with Gasteiger partial charge >= 0.3 is 5.97 Å². The van der Waals surface area contributed by atoms with Crippen LogP contribution in [0, 0.1) is 0 Å². The quantitative estimate of drug-likeness (QED) is 0.811. The molecule has 0 aliphatic heterocycles. The minimum absolute atomic E-state index is 0.0903. The predicted molar refractivity (Wildman–Crippen MR) is 70.9 cm³/mol. The smallest absolute Gasteiger partial charge is 0.337 e. The Bertz CT molecular complexity index is 475. The van der Waals surface area contributed by atoms with Gasteiger partial charge in [-0.2, -0.15) is 0 Å². The normalized spacial score (nSPS) is 14.0. The Balaban J connectivity index is 3.25. The first-order valence-electron chi connectivity index (χ1n) is 5.12. The lowest BCUT2D eigenvalue weighted by Crippen LogP contribution is -2.13. The molecule has 0 spiro atoms. The zero-order valence-electron chi connectivity index (χ0n) is 9.56. The summed E-state index contributed by atoms with van der Waals surface area (Å²) in [6.45, 7) is 1.42. The highest BCUT2D eigenvalue weighted by atomic mass is 79.9. The molecule has 0 heterocycles. The first kappa shape index (κ1) is 15.1. The van der Waals surface area contributed by atoms with Crippen molar-refractivity contribution in [3.05, 3.63) is 34.9 Å². The van der Waals surface area contributed by atoms with Gasteiger partial charge in [0.25, 0.3) is 0 Å². The Hall–Kier alpha value is -0.910. The summed E-state index contributed by atoms with van der Waals surface area (Å²) in [6.07, 6.45) is -1.65. The van der Waals surface area contributed by atoms with Crippen molar-refractivity contribution in [1.29, 1.82) is 0 Å². The number of hydrogen-bond donors (Lipinski definition) is 2. The Kier molecular flexibility index (Phi) is 5.31. The molecule has 2 N–H and O–H groups in total. The number of aliphatic hydroxyl groups is 1. The number of carbonyl (C=O) groups is 2. The average Bonchev–Trinajstić information content (AvgIpc) is 2.35. The molecule has 1 aromatic carbocycles. The Labute approximate surface area is 118 Å². The minimum Gasteiger partial charge on any atom is -0.479 e. The fourth-order valence-electron chi connectivity index (χ4n) is 1.52. The van der Waals surface area contributed by atoms with Crippen LogP contribution in [0.3, 0.4) is 0 Å². The van der Waals surface area contributed by atoms with Crippen molar-refractivity contribution in [3.63, 3.8) is 0 Å². The number of hydrogen-bond acceptors (Lipinski definition) is 3. The molecule has 0 aliphatic carbocycles. The molecule has 0 saturated heterocycles. The third kappa shape index (κ3) is 3.31. The van der Waals surface area contributed by atoms with E-state index in [1.165, 1.54) is 13.0 Å². The third-order valence-electron chi connectivity index (χ3n) is 2.49. The highest BCUT2D eigenvalue weighted by molar-refractivity contribution is 9.09. The van der Waals surface area contributed by atoms with E-state index in [2.05, 4.69) is 15.9 Å². The van der Waals surface area contributed by atoms with Gasteiger partial charge in [0, 0.05) is 5.88 Å². The summed E-state index contributed by atoms with van der Waals surface area (Å²) in [4.78, 5) is 21.5. The van der Waals surface area contributed by atoms with Gasteiger partial charge < -0.3 is 10.2 Å². The van der Waals surface area contributed by atoms with Crippen molar-refractivity contribution >= 4 is 39.3 Å². The lowest BCUT2D eigenvalue weighted by atomic mass is 9.98. The molecule has 0 amide bonds. The summed E-state index contributed by atoms with van der Waals surface area (Å²) in [5.41, 5.74) is 1.32. The van der Waals surface area contributed by atoms with Crippen molar-refractivity contribution in [2.24, 2.45) is 0 Å². The molecular formula is C12H12BrClO4. The monoisotopic (exact) mass is 334 g/mol. The lowest BCUT2D eigenvalue weighted by Gasteiger charge is -2.14. The van der Waals surface area contributed by atoms with Gasteiger partial charge in [0.05, 0.1) is 4.83 Å². The van der Waals surface area contributed by atoms with Crippen molar-refractivity contribution in [3.8, 4) is 0 Å². The summed E-state index contributed by atoms with van der Waals surface area (Å²) < 4.78 is 0. The first-order valence-corrected chi connectivity index (χ1v) is 6.57. The molecule has 0 aromatic heterocycles. The van der Waals surface area contributed by atoms with E-state index in [0.717, 1.165) is 0 Å². The van der Waals surface area contributed by atoms with Gasteiger partial charge in [-0.1, -0.05) is 34.1 Å². The van der Waals surface area contributed by atoms with E-state index in [4.69, 9.17) is 16.7 Å². The second kappa shape index (κ2) is 6.31. The fraction of sp³-hybridized carbons (Fsp3) is 0.333. The molecule has 18 heavy (non-hydrogen) atoms. The van der Waals surface area contributed by atoms with Crippen LogP contribution in [0.15, 0.2) is 18.2 Å². The van der Waals surface area contributed by atoms with Crippen LogP contribution in [0.25, 0.3) is 0 Å². The Morgan fingerprint density at radius 3 is 2.50 bits per heavy atom. The molecule has 0 fully saturated rings. The molecule has 6 heteroatoms. The van der Waals surface area contributed by atoms with Crippen LogP contribution in [0.2, 0.25) is 0 Å². The second-order valence-electron chi connectivity index (χ2n) is 3.81. The summed E-state index contributed by atoms with van der Waals surface area (Å²) in [6, 6.07) is 4.77. The molecule has 2 unspecified atom stereocenters. The van der Waals surface area contributed by atoms with Crippen LogP contribution in [-0.4, -0.2) is 22.0 Å². The lowest BCUT2D eigenvalue weighted by molar-refractivity contribution is -0.147. The Morgan fingerprint density at radius 2 is 2.06 bits per heavy atom. The number of Topliss-reactive ketones (excluding diaryl/α,β-unsaturated/α-hetero) is 1. The van der Waals surface area contributed by atoms with E-state index in [1.807, 2.05) is 0 Å². The van der Waals surface area contributed by atoms with Gasteiger partial charge in [-0.3, -0.25) is 4.79 Å². The molecule has 98 valence electrons. The van der Waals surface area contributed by atoms with Gasteiger partial charge in [0.1, 0.15) is 5.78 Å². The van der Waals surface area contributed by atoms with Crippen LogP contribution < -0.4 is 0 Å². The Morgan fingerprint density at radius 1 is 1.44 bits per heavy atom.